The van der Waals surface area contributed by atoms with Gasteiger partial charge in [0.05, 0.1) is 11.1 Å². The molecule has 0 aliphatic heterocycles. The Kier molecular flexibility index (Phi) is 4.78. The maximum Gasteiger partial charge on any atom is 0.254 e. The molecule has 3 nitrogen and oxygen atoms in total. The van der Waals surface area contributed by atoms with Gasteiger partial charge in [0, 0.05) is 6.54 Å². The van der Waals surface area contributed by atoms with E-state index in [0.717, 1.165) is 18.2 Å². The predicted molar refractivity (Wildman–Crippen MR) is 66.2 cm³/mol. The zero-order valence-electron chi connectivity index (χ0n) is 10.6. The van der Waals surface area contributed by atoms with Gasteiger partial charge in [-0.25, -0.2) is 8.78 Å². The highest BCUT2D eigenvalue weighted by molar-refractivity contribution is 5.95. The van der Waals surface area contributed by atoms with Crippen LogP contribution in [0, 0.1) is 11.6 Å². The Bertz CT molecular complexity index is 423. The van der Waals surface area contributed by atoms with E-state index in [9.17, 15) is 13.6 Å². The highest BCUT2D eigenvalue weighted by atomic mass is 19.1. The lowest BCUT2D eigenvalue weighted by molar-refractivity contribution is 0.0890. The monoisotopic (exact) mass is 256 g/mol. The lowest BCUT2D eigenvalue weighted by Gasteiger charge is -2.31. The van der Waals surface area contributed by atoms with Gasteiger partial charge in [-0.1, -0.05) is 13.8 Å². The largest absolute Gasteiger partial charge is 0.345 e. The van der Waals surface area contributed by atoms with Crippen LogP contribution in [0.25, 0.3) is 0 Å². The van der Waals surface area contributed by atoms with Gasteiger partial charge >= 0.3 is 0 Å². The van der Waals surface area contributed by atoms with Crippen LogP contribution in [0.3, 0.4) is 0 Å². The van der Waals surface area contributed by atoms with Crippen molar-refractivity contribution in [1.29, 1.82) is 0 Å². The number of hydrogen-bond acceptors (Lipinski definition) is 2. The van der Waals surface area contributed by atoms with E-state index in [4.69, 9.17) is 5.73 Å². The van der Waals surface area contributed by atoms with Crippen molar-refractivity contribution in [1.82, 2.24) is 5.32 Å². The van der Waals surface area contributed by atoms with Crippen molar-refractivity contribution in [3.05, 3.63) is 35.4 Å². The molecule has 3 N–H and O–H groups in total. The first-order valence-corrected chi connectivity index (χ1v) is 5.95. The van der Waals surface area contributed by atoms with E-state index in [-0.39, 0.29) is 12.1 Å². The van der Waals surface area contributed by atoms with Gasteiger partial charge in [-0.05, 0) is 31.0 Å². The first-order valence-electron chi connectivity index (χ1n) is 5.95. The third-order valence-corrected chi connectivity index (χ3v) is 3.30. The highest BCUT2D eigenvalue weighted by Crippen LogP contribution is 2.16. The summed E-state index contributed by atoms with van der Waals surface area (Å²) < 4.78 is 26.5. The van der Waals surface area contributed by atoms with Gasteiger partial charge in [0.1, 0.15) is 11.6 Å². The number of benzene rings is 1. The Balaban J connectivity index is 2.97. The molecule has 0 spiro atoms. The molecule has 1 aromatic carbocycles. The van der Waals surface area contributed by atoms with E-state index in [2.05, 4.69) is 5.32 Å². The number of carbonyl (C=O) groups excluding carboxylic acids is 1. The molecular weight excluding hydrogens is 238 g/mol. The average Bonchev–Trinajstić information content (AvgIpc) is 2.38. The second-order valence-corrected chi connectivity index (χ2v) is 4.27. The van der Waals surface area contributed by atoms with Gasteiger partial charge in [-0.2, -0.15) is 0 Å². The fourth-order valence-corrected chi connectivity index (χ4v) is 1.75. The average molecular weight is 256 g/mol. The van der Waals surface area contributed by atoms with Crippen LogP contribution >= 0.6 is 0 Å². The van der Waals surface area contributed by atoms with Gasteiger partial charge < -0.3 is 11.1 Å². The summed E-state index contributed by atoms with van der Waals surface area (Å²) in [5, 5.41) is 2.69. The second kappa shape index (κ2) is 5.91. The van der Waals surface area contributed by atoms with Crippen LogP contribution in [0.5, 0.6) is 0 Å². The molecule has 0 fully saturated rings. The standard InChI is InChI=1S/C13H18F2N2O/c1-3-13(4-2,8-16)17-12(18)10-7-9(14)5-6-11(10)15/h5-7H,3-4,8,16H2,1-2H3,(H,17,18). The summed E-state index contributed by atoms with van der Waals surface area (Å²) in [7, 11) is 0. The van der Waals surface area contributed by atoms with E-state index < -0.39 is 23.1 Å². The molecule has 0 aliphatic carbocycles. The summed E-state index contributed by atoms with van der Waals surface area (Å²) in [6.45, 7) is 4.03. The van der Waals surface area contributed by atoms with Gasteiger partial charge in [-0.3, -0.25) is 4.79 Å². The minimum atomic E-state index is -0.743. The molecule has 18 heavy (non-hydrogen) atoms. The zero-order valence-corrected chi connectivity index (χ0v) is 10.6. The van der Waals surface area contributed by atoms with Crippen LogP contribution in [0.2, 0.25) is 0 Å². The fourth-order valence-electron chi connectivity index (χ4n) is 1.75. The Morgan fingerprint density at radius 2 is 1.94 bits per heavy atom. The third-order valence-electron chi connectivity index (χ3n) is 3.30. The van der Waals surface area contributed by atoms with E-state index in [1.165, 1.54) is 0 Å². The molecule has 0 bridgehead atoms. The molecule has 0 saturated heterocycles. The van der Waals surface area contributed by atoms with Gasteiger partial charge in [-0.15, -0.1) is 0 Å². The van der Waals surface area contributed by atoms with Crippen molar-refractivity contribution in [3.63, 3.8) is 0 Å². The maximum atomic E-state index is 13.4. The molecule has 0 unspecified atom stereocenters. The molecule has 0 saturated carbocycles. The Hall–Kier alpha value is -1.49. The van der Waals surface area contributed by atoms with Gasteiger partial charge in [0.25, 0.3) is 5.91 Å². The van der Waals surface area contributed by atoms with Crippen LogP contribution in [0.4, 0.5) is 8.78 Å². The van der Waals surface area contributed by atoms with Gasteiger partial charge in [0.15, 0.2) is 0 Å². The topological polar surface area (TPSA) is 55.1 Å². The predicted octanol–water partition coefficient (Wildman–Crippen LogP) is 2.21. The SMILES string of the molecule is CCC(CC)(CN)NC(=O)c1cc(F)ccc1F. The summed E-state index contributed by atoms with van der Waals surface area (Å²) in [5.74, 6) is -2.03. The number of nitrogens with one attached hydrogen (secondary N) is 1. The van der Waals surface area contributed by atoms with Gasteiger partial charge in [0.2, 0.25) is 0 Å². The Labute approximate surface area is 105 Å². The molecule has 0 atom stereocenters. The first kappa shape index (κ1) is 14.6. The molecule has 1 rings (SSSR count). The van der Waals surface area contributed by atoms with E-state index in [0.29, 0.717) is 12.8 Å². The molecule has 1 aromatic rings. The molecular formula is C13H18F2N2O. The van der Waals surface area contributed by atoms with E-state index >= 15 is 0 Å². The number of halogens is 2. The minimum Gasteiger partial charge on any atom is -0.345 e. The fraction of sp³-hybridized carbons (Fsp3) is 0.462. The third kappa shape index (κ3) is 3.04. The second-order valence-electron chi connectivity index (χ2n) is 4.27. The zero-order chi connectivity index (χ0) is 13.8. The van der Waals surface area contributed by atoms with E-state index in [1.807, 2.05) is 13.8 Å². The molecule has 0 aromatic heterocycles. The minimum absolute atomic E-state index is 0.253. The number of nitrogens with two attached hydrogens (primary N) is 1. The quantitative estimate of drug-likeness (QED) is 0.848. The molecule has 5 heteroatoms. The van der Waals surface area contributed by atoms with Crippen molar-refractivity contribution >= 4 is 5.91 Å². The van der Waals surface area contributed by atoms with Crippen molar-refractivity contribution in [3.8, 4) is 0 Å². The molecule has 1 amide bonds. The first-order chi connectivity index (χ1) is 8.48. The van der Waals surface area contributed by atoms with Crippen LogP contribution in [-0.4, -0.2) is 18.0 Å². The smallest absolute Gasteiger partial charge is 0.254 e. The van der Waals surface area contributed by atoms with Crippen LogP contribution in [0.15, 0.2) is 18.2 Å². The summed E-state index contributed by atoms with van der Waals surface area (Å²) in [6.07, 6.45) is 1.26. The normalized spacial score (nSPS) is 11.4. The van der Waals surface area contributed by atoms with Crippen molar-refractivity contribution < 1.29 is 13.6 Å². The number of rotatable bonds is 5. The van der Waals surface area contributed by atoms with Crippen LogP contribution < -0.4 is 11.1 Å². The molecule has 0 aliphatic rings. The summed E-state index contributed by atoms with van der Waals surface area (Å²) in [4.78, 5) is 11.9. The summed E-state index contributed by atoms with van der Waals surface area (Å²) in [5.41, 5.74) is 4.77. The number of carbonyl (C=O) groups is 1. The molecule has 100 valence electrons. The number of amides is 1. The van der Waals surface area contributed by atoms with Crippen molar-refractivity contribution in [2.75, 3.05) is 6.54 Å². The van der Waals surface area contributed by atoms with Crippen LogP contribution in [-0.2, 0) is 0 Å². The Morgan fingerprint density at radius 1 is 1.33 bits per heavy atom. The summed E-state index contributed by atoms with van der Waals surface area (Å²) >= 11 is 0. The summed E-state index contributed by atoms with van der Waals surface area (Å²) in [6, 6.07) is 2.80. The van der Waals surface area contributed by atoms with Crippen molar-refractivity contribution in [2.24, 2.45) is 5.73 Å². The molecule has 0 heterocycles. The molecule has 0 radical (unpaired) electrons. The highest BCUT2D eigenvalue weighted by Gasteiger charge is 2.27. The van der Waals surface area contributed by atoms with Crippen LogP contribution in [0.1, 0.15) is 37.0 Å². The number of hydrogen-bond donors (Lipinski definition) is 2. The lowest BCUT2D eigenvalue weighted by atomic mass is 9.92. The van der Waals surface area contributed by atoms with Crippen molar-refractivity contribution in [2.45, 2.75) is 32.2 Å². The lowest BCUT2D eigenvalue weighted by Crippen LogP contribution is -2.53. The Morgan fingerprint density at radius 3 is 2.44 bits per heavy atom. The maximum absolute atomic E-state index is 13.4. The van der Waals surface area contributed by atoms with E-state index in [1.54, 1.807) is 0 Å².